The monoisotopic (exact) mass is 529 g/mol. The minimum Gasteiger partial charge on any atom is -0.344 e. The van der Waals surface area contributed by atoms with Gasteiger partial charge in [-0.15, -0.1) is 5.10 Å². The Morgan fingerprint density at radius 1 is 1.11 bits per heavy atom. The fourth-order valence-corrected chi connectivity index (χ4v) is 3.72. The number of nitrogens with one attached hydrogen (secondary N) is 1. The van der Waals surface area contributed by atoms with Gasteiger partial charge in [-0.3, -0.25) is 19.4 Å². The van der Waals surface area contributed by atoms with E-state index in [1.807, 2.05) is 0 Å². The molecule has 0 saturated heterocycles. The van der Waals surface area contributed by atoms with Crippen molar-refractivity contribution in [3.05, 3.63) is 87.5 Å². The van der Waals surface area contributed by atoms with Gasteiger partial charge in [-0.25, -0.2) is 9.07 Å². The van der Waals surface area contributed by atoms with Crippen LogP contribution in [0, 0.1) is 5.82 Å². The highest BCUT2D eigenvalue weighted by atomic mass is 19.4. The Balaban J connectivity index is 1.73. The van der Waals surface area contributed by atoms with E-state index in [4.69, 9.17) is 0 Å². The first-order valence-electron chi connectivity index (χ1n) is 11.0. The van der Waals surface area contributed by atoms with Crippen molar-refractivity contribution in [3.63, 3.8) is 0 Å². The van der Waals surface area contributed by atoms with Crippen molar-refractivity contribution in [1.29, 1.82) is 0 Å². The Morgan fingerprint density at radius 3 is 2.47 bits per heavy atom. The van der Waals surface area contributed by atoms with Gasteiger partial charge < -0.3 is 5.32 Å². The van der Waals surface area contributed by atoms with Crippen LogP contribution in [0.5, 0.6) is 0 Å². The molecule has 1 atom stereocenters. The minimum absolute atomic E-state index is 0.114. The number of aryl methyl sites for hydroxylation is 1. The molecule has 1 amide bonds. The number of Topliss-reactive ketones (excluding diaryl/α,β-unsaturated/α-hetero) is 1. The second-order valence-electron chi connectivity index (χ2n) is 8.29. The summed E-state index contributed by atoms with van der Waals surface area (Å²) in [6, 6.07) is 3.99. The predicted octanol–water partition coefficient (Wildman–Crippen LogP) is 3.27. The molecule has 1 aromatic carbocycles. The largest absolute Gasteiger partial charge is 0.419 e. The predicted molar refractivity (Wildman–Crippen MR) is 125 cm³/mol. The van der Waals surface area contributed by atoms with Crippen molar-refractivity contribution in [2.45, 2.75) is 26.1 Å². The van der Waals surface area contributed by atoms with Crippen molar-refractivity contribution >= 4 is 11.7 Å². The molecule has 0 aliphatic rings. The van der Waals surface area contributed by atoms with Gasteiger partial charge in [-0.05, 0) is 32.0 Å². The van der Waals surface area contributed by atoms with E-state index in [2.05, 4.69) is 25.7 Å². The second kappa shape index (κ2) is 9.95. The van der Waals surface area contributed by atoms with Crippen molar-refractivity contribution < 1.29 is 27.2 Å². The van der Waals surface area contributed by atoms with Gasteiger partial charge >= 0.3 is 6.18 Å². The average molecular weight is 529 g/mol. The molecule has 0 bridgehead atoms. The number of amides is 1. The number of rotatable bonds is 6. The number of nitrogens with zero attached hydrogens (tertiary/aromatic N) is 6. The van der Waals surface area contributed by atoms with Crippen LogP contribution >= 0.6 is 0 Å². The zero-order valence-electron chi connectivity index (χ0n) is 20.1. The third-order valence-corrected chi connectivity index (χ3v) is 5.65. The van der Waals surface area contributed by atoms with Gasteiger partial charge in [0.1, 0.15) is 11.5 Å². The molecule has 0 radical (unpaired) electrons. The van der Waals surface area contributed by atoms with E-state index in [-0.39, 0.29) is 11.3 Å². The van der Waals surface area contributed by atoms with Crippen molar-refractivity contribution in [1.82, 2.24) is 35.1 Å². The molecule has 4 rings (SSSR count). The molecule has 196 valence electrons. The topological polar surface area (TPSA) is 125 Å². The molecule has 1 N–H and O–H groups in total. The number of ketones is 1. The maximum Gasteiger partial charge on any atom is 0.419 e. The number of hydrogen-bond acceptors (Lipinski definition) is 7. The molecule has 0 saturated carbocycles. The quantitative estimate of drug-likeness (QED) is 0.300. The van der Waals surface area contributed by atoms with Crippen molar-refractivity contribution in [2.24, 2.45) is 7.05 Å². The lowest BCUT2D eigenvalue weighted by atomic mass is 10.0. The first-order valence-corrected chi connectivity index (χ1v) is 11.0. The fourth-order valence-electron chi connectivity index (χ4n) is 3.72. The molecule has 3 aromatic heterocycles. The summed E-state index contributed by atoms with van der Waals surface area (Å²) in [5.41, 5.74) is -2.29. The highest BCUT2D eigenvalue weighted by Gasteiger charge is 2.35. The van der Waals surface area contributed by atoms with Gasteiger partial charge in [0.2, 0.25) is 0 Å². The molecule has 0 spiro atoms. The smallest absolute Gasteiger partial charge is 0.344 e. The maximum absolute atomic E-state index is 14.6. The fraction of sp³-hybridized carbons (Fsp3) is 0.208. The van der Waals surface area contributed by atoms with Gasteiger partial charge in [0.05, 0.1) is 40.9 Å². The zero-order chi connectivity index (χ0) is 27.8. The van der Waals surface area contributed by atoms with Crippen LogP contribution in [-0.4, -0.2) is 41.4 Å². The SMILES string of the molecule is CC(=O)c1cc(C(=O)N[C@H](C)c2cccc(C(F)(F)F)c2F)nn(-c2cncc(-c3cnnn3C)c2)c1=O. The first-order chi connectivity index (χ1) is 17.9. The van der Waals surface area contributed by atoms with E-state index in [1.54, 1.807) is 7.05 Å². The summed E-state index contributed by atoms with van der Waals surface area (Å²) in [5.74, 6) is -3.13. The molecule has 0 aliphatic carbocycles. The summed E-state index contributed by atoms with van der Waals surface area (Å²) < 4.78 is 56.2. The van der Waals surface area contributed by atoms with Crippen LogP contribution in [-0.2, 0) is 13.2 Å². The number of alkyl halides is 3. The van der Waals surface area contributed by atoms with Crippen LogP contribution in [0.3, 0.4) is 0 Å². The van der Waals surface area contributed by atoms with Crippen LogP contribution in [0.1, 0.15) is 51.9 Å². The Morgan fingerprint density at radius 2 is 1.84 bits per heavy atom. The Bertz CT molecular complexity index is 1610. The summed E-state index contributed by atoms with van der Waals surface area (Å²) in [4.78, 5) is 42.3. The molecule has 3 heterocycles. The molecule has 10 nitrogen and oxygen atoms in total. The molecule has 0 aliphatic heterocycles. The number of carbonyl (C=O) groups is 2. The summed E-state index contributed by atoms with van der Waals surface area (Å²) >= 11 is 0. The molecule has 0 fully saturated rings. The summed E-state index contributed by atoms with van der Waals surface area (Å²) in [6.07, 6.45) is -0.684. The van der Waals surface area contributed by atoms with Crippen LogP contribution in [0.15, 0.2) is 53.7 Å². The van der Waals surface area contributed by atoms with E-state index >= 15 is 0 Å². The normalized spacial score (nSPS) is 12.3. The Kier molecular flexibility index (Phi) is 6.89. The molecule has 14 heteroatoms. The molecule has 0 unspecified atom stereocenters. The Hall–Kier alpha value is -4.75. The zero-order valence-corrected chi connectivity index (χ0v) is 20.1. The molecule has 4 aromatic rings. The number of carbonyl (C=O) groups excluding carboxylic acids is 2. The van der Waals surface area contributed by atoms with E-state index in [0.29, 0.717) is 17.3 Å². The minimum atomic E-state index is -4.93. The van der Waals surface area contributed by atoms with Crippen LogP contribution < -0.4 is 10.9 Å². The van der Waals surface area contributed by atoms with Crippen LogP contribution in [0.25, 0.3) is 16.9 Å². The highest BCUT2D eigenvalue weighted by Crippen LogP contribution is 2.33. The summed E-state index contributed by atoms with van der Waals surface area (Å²) in [6.45, 7) is 2.41. The van der Waals surface area contributed by atoms with Gasteiger partial charge in [-0.1, -0.05) is 17.3 Å². The van der Waals surface area contributed by atoms with Crippen molar-refractivity contribution in [2.75, 3.05) is 0 Å². The highest BCUT2D eigenvalue weighted by molar-refractivity contribution is 5.98. The van der Waals surface area contributed by atoms with E-state index < -0.39 is 52.1 Å². The summed E-state index contributed by atoms with van der Waals surface area (Å²) in [5, 5.41) is 14.0. The van der Waals surface area contributed by atoms with Crippen LogP contribution in [0.4, 0.5) is 17.6 Å². The lowest BCUT2D eigenvalue weighted by molar-refractivity contribution is -0.140. The number of hydrogen-bond donors (Lipinski definition) is 1. The van der Waals surface area contributed by atoms with Gasteiger partial charge in [0, 0.05) is 24.4 Å². The van der Waals surface area contributed by atoms with Gasteiger partial charge in [-0.2, -0.15) is 23.0 Å². The third-order valence-electron chi connectivity index (χ3n) is 5.65. The maximum atomic E-state index is 14.6. The average Bonchev–Trinajstić information content (AvgIpc) is 3.29. The lowest BCUT2D eigenvalue weighted by Gasteiger charge is -2.18. The second-order valence-corrected chi connectivity index (χ2v) is 8.29. The lowest BCUT2D eigenvalue weighted by Crippen LogP contribution is -2.33. The molecular formula is C24H19F4N7O3. The first kappa shape index (κ1) is 26.3. The van der Waals surface area contributed by atoms with Gasteiger partial charge in [0.25, 0.3) is 11.5 Å². The molecular weight excluding hydrogens is 510 g/mol. The molecule has 38 heavy (non-hydrogen) atoms. The number of aromatic nitrogens is 6. The summed E-state index contributed by atoms with van der Waals surface area (Å²) in [7, 11) is 1.65. The number of benzene rings is 1. The van der Waals surface area contributed by atoms with Crippen LogP contribution in [0.2, 0.25) is 0 Å². The number of pyridine rings is 1. The third kappa shape index (κ3) is 5.05. The van der Waals surface area contributed by atoms with E-state index in [0.717, 1.165) is 29.8 Å². The Labute approximate surface area is 211 Å². The van der Waals surface area contributed by atoms with Crippen molar-refractivity contribution in [3.8, 4) is 16.9 Å². The van der Waals surface area contributed by atoms with E-state index in [1.165, 1.54) is 36.3 Å². The number of halogens is 4. The standard InChI is InChI=1S/C24H19F4N7O3/c1-12(16-5-4-6-18(21(16)25)24(26,27)28)31-22(37)19-8-17(13(2)36)23(38)35(32-19)15-7-14(9-29-10-15)20-11-30-33-34(20)3/h4-12H,1-3H3,(H,31,37)/t12-/m1/s1. The van der Waals surface area contributed by atoms with E-state index in [9.17, 15) is 31.9 Å². The van der Waals surface area contributed by atoms with Gasteiger partial charge in [0.15, 0.2) is 5.78 Å².